The molecule has 2 heterocycles. The van der Waals surface area contributed by atoms with Crippen LogP contribution < -0.4 is 4.90 Å². The van der Waals surface area contributed by atoms with Crippen molar-refractivity contribution in [3.05, 3.63) is 53.1 Å². The summed E-state index contributed by atoms with van der Waals surface area (Å²) in [6, 6.07) is 10.9. The average molecular weight is 516 g/mol. The average Bonchev–Trinajstić information content (AvgIpc) is 3.25. The van der Waals surface area contributed by atoms with Gasteiger partial charge in [-0.1, -0.05) is 35.1 Å². The fraction of sp³-hybridized carbons (Fsp3) is 0.462. The number of anilines is 1. The lowest BCUT2D eigenvalue weighted by Gasteiger charge is -2.27. The van der Waals surface area contributed by atoms with E-state index >= 15 is 0 Å². The number of aromatic nitrogens is 1. The topological polar surface area (TPSA) is 79.8 Å². The van der Waals surface area contributed by atoms with Gasteiger partial charge >= 0.3 is 0 Å². The fourth-order valence-electron chi connectivity index (χ4n) is 4.30. The largest absolute Gasteiger partial charge is 0.379 e. The van der Waals surface area contributed by atoms with Gasteiger partial charge in [0.05, 0.1) is 34.1 Å². The fourth-order valence-corrected chi connectivity index (χ4v) is 6.59. The molecule has 0 saturated carbocycles. The van der Waals surface area contributed by atoms with E-state index in [2.05, 4.69) is 17.9 Å². The second-order valence-corrected chi connectivity index (χ2v) is 12.2. The highest BCUT2D eigenvalue weighted by atomic mass is 32.2. The van der Waals surface area contributed by atoms with Gasteiger partial charge in [0, 0.05) is 32.6 Å². The third-order valence-corrected chi connectivity index (χ3v) is 9.23. The highest BCUT2D eigenvalue weighted by Crippen LogP contribution is 2.32. The summed E-state index contributed by atoms with van der Waals surface area (Å²) in [5, 5.41) is 0.633. The van der Waals surface area contributed by atoms with E-state index in [1.54, 1.807) is 29.2 Å². The number of fused-ring (bicyclic) bond motifs is 1. The lowest BCUT2D eigenvalue weighted by molar-refractivity contribution is -0.118. The van der Waals surface area contributed by atoms with E-state index in [1.165, 1.54) is 11.3 Å². The van der Waals surface area contributed by atoms with Crippen LogP contribution in [0.25, 0.3) is 10.2 Å². The SMILES string of the molecule is Cc1ccc(S(=O)(=O)CCC(=O)N(CCCN2CCOCC2)c2nc3cc(C)cc(C)c3s2)cc1. The van der Waals surface area contributed by atoms with Crippen LogP contribution in [0.4, 0.5) is 5.13 Å². The molecule has 1 saturated heterocycles. The van der Waals surface area contributed by atoms with Crippen LogP contribution in [-0.4, -0.2) is 69.4 Å². The molecular formula is C26H33N3O4S2. The maximum Gasteiger partial charge on any atom is 0.229 e. The van der Waals surface area contributed by atoms with Gasteiger partial charge in [0.25, 0.3) is 0 Å². The minimum absolute atomic E-state index is 0.0816. The Labute approximate surface area is 211 Å². The molecule has 4 rings (SSSR count). The highest BCUT2D eigenvalue weighted by Gasteiger charge is 2.24. The Morgan fingerprint density at radius 1 is 1.09 bits per heavy atom. The van der Waals surface area contributed by atoms with Crippen LogP contribution in [0.5, 0.6) is 0 Å². The smallest absolute Gasteiger partial charge is 0.229 e. The molecule has 1 aromatic heterocycles. The van der Waals surface area contributed by atoms with E-state index in [0.29, 0.717) is 11.7 Å². The van der Waals surface area contributed by atoms with E-state index in [1.807, 2.05) is 19.9 Å². The number of hydrogen-bond donors (Lipinski definition) is 0. The maximum atomic E-state index is 13.4. The first kappa shape index (κ1) is 25.8. The minimum atomic E-state index is -3.55. The van der Waals surface area contributed by atoms with Crippen LogP contribution in [0, 0.1) is 20.8 Å². The van der Waals surface area contributed by atoms with Crippen LogP contribution in [-0.2, 0) is 19.4 Å². The predicted octanol–water partition coefficient (Wildman–Crippen LogP) is 4.14. The number of benzene rings is 2. The van der Waals surface area contributed by atoms with Gasteiger partial charge < -0.3 is 4.74 Å². The molecule has 3 aromatic rings. The van der Waals surface area contributed by atoms with Crippen LogP contribution in [0.2, 0.25) is 0 Å². The first-order chi connectivity index (χ1) is 16.7. The minimum Gasteiger partial charge on any atom is -0.379 e. The number of aryl methyl sites for hydroxylation is 3. The van der Waals surface area contributed by atoms with Gasteiger partial charge in [0.2, 0.25) is 5.91 Å². The van der Waals surface area contributed by atoms with E-state index in [9.17, 15) is 13.2 Å². The van der Waals surface area contributed by atoms with Gasteiger partial charge in [-0.3, -0.25) is 14.6 Å². The highest BCUT2D eigenvalue weighted by molar-refractivity contribution is 7.91. The molecule has 0 radical (unpaired) electrons. The molecule has 2 aromatic carbocycles. The number of carbonyl (C=O) groups excluding carboxylic acids is 1. The number of thiazole rings is 1. The monoisotopic (exact) mass is 515 g/mol. The standard InChI is InChI=1S/C26H33N3O4S2/c1-19-5-7-22(8-6-19)35(31,32)16-9-24(30)29(11-4-10-28-12-14-33-15-13-28)26-27-23-18-20(2)17-21(3)25(23)34-26/h5-8,17-18H,4,9-16H2,1-3H3. The zero-order chi connectivity index (χ0) is 25.0. The summed E-state index contributed by atoms with van der Waals surface area (Å²) >= 11 is 1.50. The quantitative estimate of drug-likeness (QED) is 0.426. The zero-order valence-corrected chi connectivity index (χ0v) is 22.3. The maximum absolute atomic E-state index is 13.4. The Morgan fingerprint density at radius 3 is 2.51 bits per heavy atom. The molecule has 1 aliphatic rings. The van der Waals surface area contributed by atoms with Gasteiger partial charge in [0.1, 0.15) is 0 Å². The molecule has 0 N–H and O–H groups in total. The summed E-state index contributed by atoms with van der Waals surface area (Å²) in [7, 11) is -3.55. The van der Waals surface area contributed by atoms with Crippen molar-refractivity contribution in [3.63, 3.8) is 0 Å². The predicted molar refractivity (Wildman–Crippen MR) is 141 cm³/mol. The number of nitrogens with zero attached hydrogens (tertiary/aromatic N) is 3. The molecule has 1 fully saturated rings. The van der Waals surface area contributed by atoms with Crippen molar-refractivity contribution >= 4 is 42.4 Å². The van der Waals surface area contributed by atoms with Crippen LogP contribution in [0.1, 0.15) is 29.5 Å². The normalized spacial score (nSPS) is 14.9. The Balaban J connectivity index is 1.51. The molecule has 35 heavy (non-hydrogen) atoms. The molecule has 1 aliphatic heterocycles. The number of morpholine rings is 1. The summed E-state index contributed by atoms with van der Waals surface area (Å²) in [6.07, 6.45) is 0.700. The molecular weight excluding hydrogens is 482 g/mol. The third kappa shape index (κ3) is 6.46. The summed E-state index contributed by atoms with van der Waals surface area (Å²) in [5.74, 6) is -0.436. The molecule has 7 nitrogen and oxygen atoms in total. The third-order valence-electron chi connectivity index (χ3n) is 6.27. The molecule has 0 unspecified atom stereocenters. The molecule has 0 bridgehead atoms. The van der Waals surface area contributed by atoms with Crippen LogP contribution in [0.3, 0.4) is 0 Å². The molecule has 0 atom stereocenters. The Bertz CT molecular complexity index is 1280. The number of hydrogen-bond acceptors (Lipinski definition) is 7. The summed E-state index contributed by atoms with van der Waals surface area (Å²) in [5.41, 5.74) is 4.13. The summed E-state index contributed by atoms with van der Waals surface area (Å²) in [4.78, 5) is 22.4. The summed E-state index contributed by atoms with van der Waals surface area (Å²) in [6.45, 7) is 10.6. The van der Waals surface area contributed by atoms with Crippen molar-refractivity contribution in [2.24, 2.45) is 0 Å². The Morgan fingerprint density at radius 2 is 1.80 bits per heavy atom. The second kappa shape index (κ2) is 11.2. The Hall–Kier alpha value is -2.33. The van der Waals surface area contributed by atoms with Crippen molar-refractivity contribution < 1.29 is 17.9 Å². The number of amides is 1. The van der Waals surface area contributed by atoms with Crippen molar-refractivity contribution in [1.82, 2.24) is 9.88 Å². The number of sulfone groups is 1. The van der Waals surface area contributed by atoms with Crippen molar-refractivity contribution in [2.45, 2.75) is 38.5 Å². The lowest BCUT2D eigenvalue weighted by atomic mass is 10.1. The number of rotatable bonds is 9. The second-order valence-electron chi connectivity index (χ2n) is 9.16. The van der Waals surface area contributed by atoms with Crippen LogP contribution >= 0.6 is 11.3 Å². The van der Waals surface area contributed by atoms with E-state index in [4.69, 9.17) is 9.72 Å². The van der Waals surface area contributed by atoms with Crippen molar-refractivity contribution in [2.75, 3.05) is 50.0 Å². The van der Waals surface area contributed by atoms with Gasteiger partial charge in [-0.25, -0.2) is 13.4 Å². The molecule has 1 amide bonds. The lowest BCUT2D eigenvalue weighted by Crippen LogP contribution is -2.39. The van der Waals surface area contributed by atoms with Gasteiger partial charge in [-0.2, -0.15) is 0 Å². The first-order valence-corrected chi connectivity index (χ1v) is 14.5. The first-order valence-electron chi connectivity index (χ1n) is 12.0. The van der Waals surface area contributed by atoms with Crippen molar-refractivity contribution in [1.29, 1.82) is 0 Å². The van der Waals surface area contributed by atoms with Gasteiger partial charge in [-0.05, 0) is 56.5 Å². The molecule has 188 valence electrons. The number of carbonyl (C=O) groups is 1. The van der Waals surface area contributed by atoms with Gasteiger partial charge in [0.15, 0.2) is 15.0 Å². The molecule has 0 spiro atoms. The molecule has 0 aliphatic carbocycles. The molecule has 9 heteroatoms. The van der Waals surface area contributed by atoms with Crippen LogP contribution in [0.15, 0.2) is 41.3 Å². The zero-order valence-electron chi connectivity index (χ0n) is 20.6. The van der Waals surface area contributed by atoms with E-state index < -0.39 is 9.84 Å². The van der Waals surface area contributed by atoms with Crippen molar-refractivity contribution in [3.8, 4) is 0 Å². The Kier molecular flexibility index (Phi) is 8.21. The number of ether oxygens (including phenoxy) is 1. The van der Waals surface area contributed by atoms with E-state index in [0.717, 1.165) is 66.2 Å². The van der Waals surface area contributed by atoms with E-state index in [-0.39, 0.29) is 23.0 Å². The van der Waals surface area contributed by atoms with Gasteiger partial charge in [-0.15, -0.1) is 0 Å². The summed E-state index contributed by atoms with van der Waals surface area (Å²) < 4.78 is 32.2.